The Morgan fingerprint density at radius 2 is 1.64 bits per heavy atom. The molecule has 3 atom stereocenters. The van der Waals surface area contributed by atoms with Gasteiger partial charge in [0.1, 0.15) is 6.04 Å². The number of fused-ring (bicyclic) bond motifs is 1. The summed E-state index contributed by atoms with van der Waals surface area (Å²) in [5, 5.41) is 0. The first-order valence-corrected chi connectivity index (χ1v) is 9.09. The molecule has 2 N–H and O–H groups in total. The molecule has 0 spiro atoms. The highest BCUT2D eigenvalue weighted by molar-refractivity contribution is 5.90. The van der Waals surface area contributed by atoms with E-state index in [0.29, 0.717) is 24.9 Å². The van der Waals surface area contributed by atoms with Crippen LogP contribution in [0.25, 0.3) is 0 Å². The predicted octanol–water partition coefficient (Wildman–Crippen LogP) is 3.25. The lowest BCUT2D eigenvalue weighted by Crippen LogP contribution is -2.51. The fourth-order valence-corrected chi connectivity index (χ4v) is 3.98. The molecular formula is C21H19F3N2O2. The van der Waals surface area contributed by atoms with Crippen molar-refractivity contribution in [1.29, 1.82) is 0 Å². The number of hydrogen-bond donors (Lipinski definition) is 1. The molecule has 0 bridgehead atoms. The number of nitrogens with two attached hydrogens (primary N) is 1. The Hall–Kier alpha value is -2.83. The molecule has 1 aliphatic heterocycles. The van der Waals surface area contributed by atoms with Crippen molar-refractivity contribution in [3.05, 3.63) is 70.8 Å². The second-order valence-electron chi connectivity index (χ2n) is 7.43. The molecule has 1 heterocycles. The van der Waals surface area contributed by atoms with Crippen LogP contribution < -0.4 is 5.73 Å². The maximum atomic E-state index is 13.0. The molecule has 2 aromatic carbocycles. The molecule has 0 unspecified atom stereocenters. The molecule has 28 heavy (non-hydrogen) atoms. The molecule has 4 rings (SSSR count). The van der Waals surface area contributed by atoms with E-state index in [1.807, 2.05) is 24.3 Å². The summed E-state index contributed by atoms with van der Waals surface area (Å²) in [5.41, 5.74) is 7.53. The van der Waals surface area contributed by atoms with Crippen molar-refractivity contribution in [2.45, 2.75) is 37.5 Å². The van der Waals surface area contributed by atoms with Gasteiger partial charge in [0.25, 0.3) is 0 Å². The van der Waals surface area contributed by atoms with E-state index >= 15 is 0 Å². The SMILES string of the molecule is NC(=O)[C@@H]1Cc2ccccc2CN1C(=O)[C@H]1C[C@H]1c1ccc(C(F)(F)F)cc1. The van der Waals surface area contributed by atoms with Gasteiger partial charge in [-0.25, -0.2) is 0 Å². The molecule has 2 aromatic rings. The number of primary amides is 1. The van der Waals surface area contributed by atoms with Crippen molar-refractivity contribution in [1.82, 2.24) is 4.90 Å². The number of carbonyl (C=O) groups excluding carboxylic acids is 2. The third-order valence-electron chi connectivity index (χ3n) is 5.63. The minimum Gasteiger partial charge on any atom is -0.368 e. The van der Waals surface area contributed by atoms with E-state index in [1.165, 1.54) is 17.0 Å². The summed E-state index contributed by atoms with van der Waals surface area (Å²) in [6.45, 7) is 0.318. The van der Waals surface area contributed by atoms with E-state index in [2.05, 4.69) is 0 Å². The first-order valence-electron chi connectivity index (χ1n) is 9.09. The number of benzene rings is 2. The van der Waals surface area contributed by atoms with Gasteiger partial charge in [0.15, 0.2) is 0 Å². The fraction of sp³-hybridized carbons (Fsp3) is 0.333. The Balaban J connectivity index is 1.51. The Bertz CT molecular complexity index is 924. The quantitative estimate of drug-likeness (QED) is 0.877. The average molecular weight is 388 g/mol. The highest BCUT2D eigenvalue weighted by atomic mass is 19.4. The molecule has 4 nitrogen and oxygen atoms in total. The van der Waals surface area contributed by atoms with Crippen LogP contribution in [0.4, 0.5) is 13.2 Å². The predicted molar refractivity (Wildman–Crippen MR) is 96.0 cm³/mol. The number of halogens is 3. The standard InChI is InChI=1S/C21H19F3N2O2/c22-21(23,24)15-7-5-12(6-8-15)16-10-17(16)20(28)26-11-14-4-2-1-3-13(14)9-18(26)19(25)27/h1-8,16-18H,9-11H2,(H2,25,27)/t16-,17-,18-/m0/s1. The zero-order chi connectivity index (χ0) is 20.1. The Morgan fingerprint density at radius 3 is 2.25 bits per heavy atom. The lowest BCUT2D eigenvalue weighted by Gasteiger charge is -2.35. The minimum atomic E-state index is -4.38. The van der Waals surface area contributed by atoms with E-state index < -0.39 is 23.7 Å². The molecule has 1 fully saturated rings. The first kappa shape index (κ1) is 18.5. The Kier molecular flexibility index (Phi) is 4.40. The first-order chi connectivity index (χ1) is 13.3. The second kappa shape index (κ2) is 6.65. The van der Waals surface area contributed by atoms with Crippen LogP contribution in [0.15, 0.2) is 48.5 Å². The molecule has 1 saturated carbocycles. The van der Waals surface area contributed by atoms with E-state index in [1.54, 1.807) is 0 Å². The highest BCUT2D eigenvalue weighted by Crippen LogP contribution is 2.49. The minimum absolute atomic E-state index is 0.125. The number of nitrogens with zero attached hydrogens (tertiary/aromatic N) is 1. The zero-order valence-electron chi connectivity index (χ0n) is 14.9. The van der Waals surface area contributed by atoms with E-state index in [-0.39, 0.29) is 17.7 Å². The van der Waals surface area contributed by atoms with Crippen LogP contribution in [0.1, 0.15) is 34.6 Å². The maximum Gasteiger partial charge on any atom is 0.416 e. The van der Waals surface area contributed by atoms with E-state index in [0.717, 1.165) is 23.3 Å². The molecule has 0 aromatic heterocycles. The molecular weight excluding hydrogens is 369 g/mol. The number of rotatable bonds is 3. The van der Waals surface area contributed by atoms with Gasteiger partial charge in [0.05, 0.1) is 5.56 Å². The number of alkyl halides is 3. The van der Waals surface area contributed by atoms with Gasteiger partial charge in [0, 0.05) is 18.9 Å². The van der Waals surface area contributed by atoms with Gasteiger partial charge in [-0.15, -0.1) is 0 Å². The average Bonchev–Trinajstić information content (AvgIpc) is 3.46. The number of carbonyl (C=O) groups is 2. The van der Waals surface area contributed by atoms with Crippen LogP contribution in [0, 0.1) is 5.92 Å². The van der Waals surface area contributed by atoms with Gasteiger partial charge >= 0.3 is 6.18 Å². The number of amides is 2. The maximum absolute atomic E-state index is 13.0. The van der Waals surface area contributed by atoms with Crippen LogP contribution >= 0.6 is 0 Å². The summed E-state index contributed by atoms with van der Waals surface area (Å²) in [6, 6.07) is 11.9. The fourth-order valence-electron chi connectivity index (χ4n) is 3.98. The summed E-state index contributed by atoms with van der Waals surface area (Å²) in [4.78, 5) is 26.5. The van der Waals surface area contributed by atoms with Crippen molar-refractivity contribution in [2.75, 3.05) is 0 Å². The van der Waals surface area contributed by atoms with Gasteiger partial charge < -0.3 is 10.6 Å². The Morgan fingerprint density at radius 1 is 1.00 bits per heavy atom. The zero-order valence-corrected chi connectivity index (χ0v) is 14.9. The van der Waals surface area contributed by atoms with Gasteiger partial charge in [-0.2, -0.15) is 13.2 Å². The van der Waals surface area contributed by atoms with Gasteiger partial charge in [-0.05, 0) is 41.2 Å². The molecule has 1 aliphatic carbocycles. The summed E-state index contributed by atoms with van der Waals surface area (Å²) < 4.78 is 38.2. The lowest BCUT2D eigenvalue weighted by atomic mass is 9.93. The molecule has 0 saturated heterocycles. The second-order valence-corrected chi connectivity index (χ2v) is 7.43. The Labute approximate surface area is 160 Å². The van der Waals surface area contributed by atoms with Crippen LogP contribution in [-0.4, -0.2) is 22.8 Å². The van der Waals surface area contributed by atoms with Crippen molar-refractivity contribution in [2.24, 2.45) is 11.7 Å². The number of hydrogen-bond acceptors (Lipinski definition) is 2. The monoisotopic (exact) mass is 388 g/mol. The third-order valence-corrected chi connectivity index (χ3v) is 5.63. The smallest absolute Gasteiger partial charge is 0.368 e. The van der Waals surface area contributed by atoms with E-state index in [4.69, 9.17) is 5.73 Å². The molecule has 0 radical (unpaired) electrons. The highest BCUT2D eigenvalue weighted by Gasteiger charge is 2.48. The van der Waals surface area contributed by atoms with Crippen LogP contribution in [0.5, 0.6) is 0 Å². The summed E-state index contributed by atoms with van der Waals surface area (Å²) in [6.07, 6.45) is -3.43. The molecule has 7 heteroatoms. The third kappa shape index (κ3) is 3.37. The summed E-state index contributed by atoms with van der Waals surface area (Å²) >= 11 is 0. The van der Waals surface area contributed by atoms with Gasteiger partial charge in [0.2, 0.25) is 11.8 Å². The van der Waals surface area contributed by atoms with Crippen LogP contribution in [-0.2, 0) is 28.7 Å². The van der Waals surface area contributed by atoms with Crippen molar-refractivity contribution >= 4 is 11.8 Å². The topological polar surface area (TPSA) is 63.4 Å². The van der Waals surface area contributed by atoms with Crippen molar-refractivity contribution in [3.8, 4) is 0 Å². The van der Waals surface area contributed by atoms with Gasteiger partial charge in [-0.1, -0.05) is 36.4 Å². The normalized spacial score (nSPS) is 23.8. The molecule has 146 valence electrons. The largest absolute Gasteiger partial charge is 0.416 e. The molecule has 2 amide bonds. The van der Waals surface area contributed by atoms with Crippen LogP contribution in [0.2, 0.25) is 0 Å². The summed E-state index contributed by atoms with van der Waals surface area (Å²) in [5.74, 6) is -1.16. The lowest BCUT2D eigenvalue weighted by molar-refractivity contribution is -0.141. The summed E-state index contributed by atoms with van der Waals surface area (Å²) in [7, 11) is 0. The van der Waals surface area contributed by atoms with Crippen molar-refractivity contribution in [3.63, 3.8) is 0 Å². The van der Waals surface area contributed by atoms with E-state index in [9.17, 15) is 22.8 Å². The molecule has 2 aliphatic rings. The van der Waals surface area contributed by atoms with Crippen molar-refractivity contribution < 1.29 is 22.8 Å². The van der Waals surface area contributed by atoms with Gasteiger partial charge in [-0.3, -0.25) is 9.59 Å². The van der Waals surface area contributed by atoms with Crippen LogP contribution in [0.3, 0.4) is 0 Å².